The van der Waals surface area contributed by atoms with Crippen LogP contribution in [0.2, 0.25) is 0 Å². The fourth-order valence-electron chi connectivity index (χ4n) is 2.22. The monoisotopic (exact) mass is 367 g/mol. The molecule has 0 saturated heterocycles. The Balaban J connectivity index is 1.67. The van der Waals surface area contributed by atoms with E-state index in [0.717, 1.165) is 0 Å². The number of nitrogens with one attached hydrogen (secondary N) is 1. The summed E-state index contributed by atoms with van der Waals surface area (Å²) in [5.41, 5.74) is -0.628. The van der Waals surface area contributed by atoms with Crippen molar-refractivity contribution in [1.29, 1.82) is 0 Å². The quantitative estimate of drug-likeness (QED) is 0.707. The molecule has 1 N–H and O–H groups in total. The van der Waals surface area contributed by atoms with Crippen LogP contribution < -0.4 is 14.8 Å². The average Bonchev–Trinajstić information content (AvgIpc) is 2.64. The second kappa shape index (κ2) is 7.82. The van der Waals surface area contributed by atoms with Gasteiger partial charge in [-0.15, -0.1) is 0 Å². The second-order valence-corrected chi connectivity index (χ2v) is 6.19. The molecule has 0 bridgehead atoms. The van der Waals surface area contributed by atoms with Crippen molar-refractivity contribution in [2.45, 2.75) is 19.4 Å². The summed E-state index contributed by atoms with van der Waals surface area (Å²) in [6, 6.07) is 12.4. The number of amides is 1. The molecular weight excluding hydrogens is 349 g/mol. The maximum absolute atomic E-state index is 13.0. The first-order chi connectivity index (χ1) is 12.9. The predicted molar refractivity (Wildman–Crippen MR) is 98.3 cm³/mol. The molecule has 3 aromatic rings. The van der Waals surface area contributed by atoms with Crippen LogP contribution in [0.3, 0.4) is 0 Å². The van der Waals surface area contributed by atoms with Gasteiger partial charge in [-0.25, -0.2) is 9.37 Å². The Kier molecular flexibility index (Phi) is 5.30. The highest BCUT2D eigenvalue weighted by atomic mass is 19.1. The van der Waals surface area contributed by atoms with E-state index in [-0.39, 0.29) is 11.7 Å². The number of halogens is 1. The summed E-state index contributed by atoms with van der Waals surface area (Å²) in [6.07, 6.45) is 4.56. The van der Waals surface area contributed by atoms with Gasteiger partial charge in [-0.2, -0.15) is 0 Å². The topological polar surface area (TPSA) is 73.3 Å². The molecule has 0 spiro atoms. The van der Waals surface area contributed by atoms with E-state index in [1.807, 2.05) is 0 Å². The molecule has 0 radical (unpaired) electrons. The van der Waals surface area contributed by atoms with Crippen LogP contribution in [-0.2, 0) is 4.79 Å². The second-order valence-electron chi connectivity index (χ2n) is 6.19. The Morgan fingerprint density at radius 2 is 1.85 bits per heavy atom. The van der Waals surface area contributed by atoms with Gasteiger partial charge in [-0.1, -0.05) is 6.07 Å². The van der Waals surface area contributed by atoms with E-state index >= 15 is 0 Å². The van der Waals surface area contributed by atoms with Crippen LogP contribution in [0, 0.1) is 5.82 Å². The first-order valence-corrected chi connectivity index (χ1v) is 8.22. The number of carbonyl (C=O) groups is 1. The lowest BCUT2D eigenvalue weighted by atomic mass is 10.1. The lowest BCUT2D eigenvalue weighted by molar-refractivity contribution is -0.128. The zero-order valence-corrected chi connectivity index (χ0v) is 14.8. The highest BCUT2D eigenvalue weighted by Crippen LogP contribution is 2.24. The number of benzene rings is 2. The Hall–Kier alpha value is -3.48. The van der Waals surface area contributed by atoms with Crippen LogP contribution >= 0.6 is 0 Å². The van der Waals surface area contributed by atoms with E-state index in [1.165, 1.54) is 36.7 Å². The lowest BCUT2D eigenvalue weighted by Crippen LogP contribution is -2.42. The molecule has 0 aliphatic rings. The van der Waals surface area contributed by atoms with Gasteiger partial charge in [-0.3, -0.25) is 9.78 Å². The summed E-state index contributed by atoms with van der Waals surface area (Å²) in [5.74, 6) is 0.524. The van der Waals surface area contributed by atoms with Crippen molar-refractivity contribution < 1.29 is 18.7 Å². The molecule has 6 nitrogen and oxygen atoms in total. The third kappa shape index (κ3) is 5.01. The van der Waals surface area contributed by atoms with Gasteiger partial charge in [-0.05, 0) is 50.2 Å². The first kappa shape index (κ1) is 18.3. The third-order valence-corrected chi connectivity index (χ3v) is 3.59. The molecule has 2 aromatic carbocycles. The van der Waals surface area contributed by atoms with Gasteiger partial charge in [0.1, 0.15) is 17.3 Å². The Labute approximate surface area is 156 Å². The molecule has 3 rings (SSSR count). The SMILES string of the molecule is CC(C)(Oc1ccc(F)cc1)C(=O)Nc1cccc(Oc2cnccn2)c1. The summed E-state index contributed by atoms with van der Waals surface area (Å²) in [5, 5.41) is 2.79. The van der Waals surface area contributed by atoms with Crippen molar-refractivity contribution in [2.75, 3.05) is 5.32 Å². The molecular formula is C20H18FN3O3. The summed E-state index contributed by atoms with van der Waals surface area (Å²) >= 11 is 0. The number of ether oxygens (including phenoxy) is 2. The van der Waals surface area contributed by atoms with Gasteiger partial charge in [0.15, 0.2) is 5.60 Å². The molecule has 1 heterocycles. The van der Waals surface area contributed by atoms with Gasteiger partial charge in [0, 0.05) is 24.1 Å². The number of carbonyl (C=O) groups excluding carboxylic acids is 1. The minimum Gasteiger partial charge on any atom is -0.478 e. The number of aromatic nitrogens is 2. The van der Waals surface area contributed by atoms with Crippen molar-refractivity contribution in [2.24, 2.45) is 0 Å². The zero-order valence-electron chi connectivity index (χ0n) is 14.8. The normalized spacial score (nSPS) is 10.9. The highest BCUT2D eigenvalue weighted by Gasteiger charge is 2.30. The van der Waals surface area contributed by atoms with Crippen LogP contribution in [0.25, 0.3) is 0 Å². The van der Waals surface area contributed by atoms with E-state index in [0.29, 0.717) is 23.1 Å². The standard InChI is InChI=1S/C20H18FN3O3/c1-20(2,27-16-8-6-14(21)7-9-16)19(25)24-15-4-3-5-17(12-15)26-18-13-22-10-11-23-18/h3-13H,1-2H3,(H,24,25). The molecule has 1 aromatic heterocycles. The summed E-state index contributed by atoms with van der Waals surface area (Å²) in [6.45, 7) is 3.26. The average molecular weight is 367 g/mol. The molecule has 0 unspecified atom stereocenters. The number of hydrogen-bond donors (Lipinski definition) is 1. The smallest absolute Gasteiger partial charge is 0.267 e. The highest BCUT2D eigenvalue weighted by molar-refractivity contribution is 5.97. The van der Waals surface area contributed by atoms with Gasteiger partial charge < -0.3 is 14.8 Å². The molecule has 0 fully saturated rings. The number of hydrogen-bond acceptors (Lipinski definition) is 5. The molecule has 1 amide bonds. The molecule has 0 atom stereocenters. The van der Waals surface area contributed by atoms with E-state index in [2.05, 4.69) is 15.3 Å². The predicted octanol–water partition coefficient (Wildman–Crippen LogP) is 4.20. The Bertz CT molecular complexity index is 915. The van der Waals surface area contributed by atoms with Crippen LogP contribution in [0.4, 0.5) is 10.1 Å². The van der Waals surface area contributed by atoms with Crippen LogP contribution in [-0.4, -0.2) is 21.5 Å². The Morgan fingerprint density at radius 1 is 1.07 bits per heavy atom. The van der Waals surface area contributed by atoms with Crippen LogP contribution in [0.1, 0.15) is 13.8 Å². The van der Waals surface area contributed by atoms with E-state index in [1.54, 1.807) is 44.3 Å². The van der Waals surface area contributed by atoms with Gasteiger partial charge in [0.25, 0.3) is 5.91 Å². The molecule has 7 heteroatoms. The fourth-order valence-corrected chi connectivity index (χ4v) is 2.22. The van der Waals surface area contributed by atoms with Crippen molar-refractivity contribution in [3.05, 3.63) is 72.9 Å². The maximum Gasteiger partial charge on any atom is 0.267 e. The van der Waals surface area contributed by atoms with Crippen molar-refractivity contribution >= 4 is 11.6 Å². The minimum absolute atomic E-state index is 0.348. The largest absolute Gasteiger partial charge is 0.478 e. The van der Waals surface area contributed by atoms with Gasteiger partial charge in [0.2, 0.25) is 5.88 Å². The number of nitrogens with zero attached hydrogens (tertiary/aromatic N) is 2. The maximum atomic E-state index is 13.0. The summed E-state index contributed by atoms with van der Waals surface area (Å²) in [7, 11) is 0. The van der Waals surface area contributed by atoms with Gasteiger partial charge in [0.05, 0.1) is 6.20 Å². The minimum atomic E-state index is -1.17. The van der Waals surface area contributed by atoms with Crippen molar-refractivity contribution in [1.82, 2.24) is 9.97 Å². The van der Waals surface area contributed by atoms with Crippen molar-refractivity contribution in [3.8, 4) is 17.4 Å². The molecule has 27 heavy (non-hydrogen) atoms. The lowest BCUT2D eigenvalue weighted by Gasteiger charge is -2.25. The Morgan fingerprint density at radius 3 is 2.56 bits per heavy atom. The van der Waals surface area contributed by atoms with E-state index < -0.39 is 5.60 Å². The fraction of sp³-hybridized carbons (Fsp3) is 0.150. The third-order valence-electron chi connectivity index (χ3n) is 3.59. The molecule has 138 valence electrons. The molecule has 0 aliphatic carbocycles. The van der Waals surface area contributed by atoms with Crippen LogP contribution in [0.15, 0.2) is 67.1 Å². The first-order valence-electron chi connectivity index (χ1n) is 8.22. The van der Waals surface area contributed by atoms with Crippen molar-refractivity contribution in [3.63, 3.8) is 0 Å². The molecule has 0 saturated carbocycles. The number of rotatable bonds is 6. The van der Waals surface area contributed by atoms with Gasteiger partial charge >= 0.3 is 0 Å². The molecule has 0 aliphatic heterocycles. The zero-order chi connectivity index (χ0) is 19.3. The van der Waals surface area contributed by atoms with E-state index in [9.17, 15) is 9.18 Å². The summed E-state index contributed by atoms with van der Waals surface area (Å²) < 4.78 is 24.3. The van der Waals surface area contributed by atoms with Crippen LogP contribution in [0.5, 0.6) is 17.4 Å². The summed E-state index contributed by atoms with van der Waals surface area (Å²) in [4.78, 5) is 20.6. The number of anilines is 1. The van der Waals surface area contributed by atoms with E-state index in [4.69, 9.17) is 9.47 Å².